The van der Waals surface area contributed by atoms with Crippen LogP contribution in [0.15, 0.2) is 42.5 Å². The lowest BCUT2D eigenvalue weighted by atomic mass is 9.89. The van der Waals surface area contributed by atoms with Crippen LogP contribution in [0.25, 0.3) is 11.3 Å². The quantitative estimate of drug-likeness (QED) is 0.649. The van der Waals surface area contributed by atoms with Crippen molar-refractivity contribution in [1.82, 2.24) is 20.9 Å². The Morgan fingerprint density at radius 1 is 1.06 bits per heavy atom. The molecule has 0 bridgehead atoms. The van der Waals surface area contributed by atoms with Crippen LogP contribution in [0.5, 0.6) is 0 Å². The summed E-state index contributed by atoms with van der Waals surface area (Å²) >= 11 is 0. The number of aromatic nitrogens is 1. The van der Waals surface area contributed by atoms with Crippen molar-refractivity contribution < 1.29 is 9.59 Å². The molecule has 3 N–H and O–H groups in total. The largest absolute Gasteiger partial charge is 0.352 e. The normalized spacial score (nSPS) is 18.4. The van der Waals surface area contributed by atoms with Gasteiger partial charge in [-0.2, -0.15) is 5.26 Å². The van der Waals surface area contributed by atoms with Crippen LogP contribution in [0.4, 0.5) is 0 Å². The van der Waals surface area contributed by atoms with E-state index in [4.69, 9.17) is 5.26 Å². The van der Waals surface area contributed by atoms with Gasteiger partial charge in [0.15, 0.2) is 0 Å². The molecule has 0 spiro atoms. The van der Waals surface area contributed by atoms with Crippen molar-refractivity contribution in [2.75, 3.05) is 6.54 Å². The summed E-state index contributed by atoms with van der Waals surface area (Å²) in [5, 5.41) is 18.4. The Morgan fingerprint density at radius 2 is 1.75 bits per heavy atom. The Kier molecular flexibility index (Phi) is 7.60. The van der Waals surface area contributed by atoms with E-state index in [-0.39, 0.29) is 29.7 Å². The number of nitrogens with zero attached hydrogens (tertiary/aromatic N) is 2. The summed E-state index contributed by atoms with van der Waals surface area (Å²) in [6, 6.07) is 14.9. The van der Waals surface area contributed by atoms with E-state index in [1.807, 2.05) is 6.07 Å². The number of benzene rings is 1. The number of hydrogen-bond donors (Lipinski definition) is 3. The molecule has 0 radical (unpaired) electrons. The summed E-state index contributed by atoms with van der Waals surface area (Å²) in [4.78, 5) is 29.2. The van der Waals surface area contributed by atoms with E-state index in [1.54, 1.807) is 36.4 Å². The van der Waals surface area contributed by atoms with Gasteiger partial charge < -0.3 is 16.0 Å². The molecule has 0 unspecified atom stereocenters. The molecule has 0 saturated heterocycles. The van der Waals surface area contributed by atoms with Gasteiger partial charge in [0, 0.05) is 23.2 Å². The number of pyridine rings is 1. The van der Waals surface area contributed by atoms with E-state index in [9.17, 15) is 9.59 Å². The highest BCUT2D eigenvalue weighted by molar-refractivity contribution is 5.95. The van der Waals surface area contributed by atoms with Gasteiger partial charge in [-0.05, 0) is 70.7 Å². The molecule has 7 nitrogen and oxygen atoms in total. The van der Waals surface area contributed by atoms with Crippen LogP contribution < -0.4 is 16.0 Å². The summed E-state index contributed by atoms with van der Waals surface area (Å²) < 4.78 is 0. The van der Waals surface area contributed by atoms with Crippen molar-refractivity contribution in [2.24, 2.45) is 0 Å². The molecule has 1 heterocycles. The average molecular weight is 434 g/mol. The summed E-state index contributed by atoms with van der Waals surface area (Å²) in [5.74, 6) is -0.597. The molecule has 2 aromatic rings. The molecule has 2 amide bonds. The summed E-state index contributed by atoms with van der Waals surface area (Å²) in [5.41, 5.74) is 2.20. The first-order chi connectivity index (χ1) is 15.2. The first kappa shape index (κ1) is 23.4. The van der Waals surface area contributed by atoms with Gasteiger partial charge in [0.1, 0.15) is 5.69 Å². The lowest BCUT2D eigenvalue weighted by Gasteiger charge is -2.34. The lowest BCUT2D eigenvalue weighted by Crippen LogP contribution is -2.49. The predicted octanol–water partition coefficient (Wildman–Crippen LogP) is 3.17. The number of rotatable bonds is 6. The molecule has 1 fully saturated rings. The Labute approximate surface area is 189 Å². The topological polar surface area (TPSA) is 107 Å². The SMILES string of the molecule is CC(C)(C)NC1CCC(NC(=O)CNC(=O)c2cccc(-c3cccc(C#N)c3)n2)CC1. The van der Waals surface area contributed by atoms with E-state index in [0.717, 1.165) is 31.2 Å². The fraction of sp³-hybridized carbons (Fsp3) is 0.440. The zero-order chi connectivity index (χ0) is 23.1. The molecular weight excluding hydrogens is 402 g/mol. The first-order valence-corrected chi connectivity index (χ1v) is 11.1. The third-order valence-corrected chi connectivity index (χ3v) is 5.41. The van der Waals surface area contributed by atoms with Crippen molar-refractivity contribution in [3.63, 3.8) is 0 Å². The van der Waals surface area contributed by atoms with Crippen LogP contribution in [0.1, 0.15) is 62.5 Å². The molecule has 168 valence electrons. The third-order valence-electron chi connectivity index (χ3n) is 5.41. The Morgan fingerprint density at radius 3 is 2.44 bits per heavy atom. The second-order valence-corrected chi connectivity index (χ2v) is 9.29. The molecule has 3 rings (SSSR count). The fourth-order valence-electron chi connectivity index (χ4n) is 3.99. The molecule has 1 aromatic heterocycles. The molecule has 1 aromatic carbocycles. The van der Waals surface area contributed by atoms with Crippen LogP contribution in [-0.4, -0.2) is 41.0 Å². The van der Waals surface area contributed by atoms with Gasteiger partial charge in [-0.15, -0.1) is 0 Å². The van der Waals surface area contributed by atoms with Crippen molar-refractivity contribution in [3.8, 4) is 17.3 Å². The van der Waals surface area contributed by atoms with Crippen molar-refractivity contribution in [1.29, 1.82) is 5.26 Å². The standard InChI is InChI=1S/C25H31N5O2/c1-25(2,3)30-20-12-10-19(11-13-20)28-23(31)16-27-24(32)22-9-5-8-21(29-22)18-7-4-6-17(14-18)15-26/h4-9,14,19-20,30H,10-13,16H2,1-3H3,(H,27,32)(H,28,31). The van der Waals surface area contributed by atoms with E-state index in [0.29, 0.717) is 17.3 Å². The van der Waals surface area contributed by atoms with Crippen LogP contribution >= 0.6 is 0 Å². The highest BCUT2D eigenvalue weighted by atomic mass is 16.2. The first-order valence-electron chi connectivity index (χ1n) is 11.1. The summed E-state index contributed by atoms with van der Waals surface area (Å²) in [6.07, 6.45) is 3.91. The van der Waals surface area contributed by atoms with Crippen LogP contribution in [-0.2, 0) is 4.79 Å². The molecular formula is C25H31N5O2. The third kappa shape index (κ3) is 6.89. The predicted molar refractivity (Wildman–Crippen MR) is 124 cm³/mol. The zero-order valence-corrected chi connectivity index (χ0v) is 18.9. The van der Waals surface area contributed by atoms with E-state index < -0.39 is 5.91 Å². The second kappa shape index (κ2) is 10.4. The molecule has 1 aliphatic carbocycles. The maximum absolute atomic E-state index is 12.5. The Balaban J connectivity index is 1.49. The molecule has 7 heteroatoms. The number of carbonyl (C=O) groups is 2. The number of nitrogens with one attached hydrogen (secondary N) is 3. The van der Waals surface area contributed by atoms with Gasteiger partial charge in [0.25, 0.3) is 5.91 Å². The number of nitriles is 1. The molecule has 0 aliphatic heterocycles. The number of amides is 2. The van der Waals surface area contributed by atoms with Crippen LogP contribution in [0.2, 0.25) is 0 Å². The monoisotopic (exact) mass is 433 g/mol. The maximum atomic E-state index is 12.5. The molecule has 32 heavy (non-hydrogen) atoms. The van der Waals surface area contributed by atoms with Crippen molar-refractivity contribution >= 4 is 11.8 Å². The highest BCUT2D eigenvalue weighted by Gasteiger charge is 2.25. The summed E-state index contributed by atoms with van der Waals surface area (Å²) in [7, 11) is 0. The number of carbonyl (C=O) groups excluding carboxylic acids is 2. The smallest absolute Gasteiger partial charge is 0.270 e. The van der Waals surface area contributed by atoms with Gasteiger partial charge in [-0.3, -0.25) is 9.59 Å². The maximum Gasteiger partial charge on any atom is 0.270 e. The second-order valence-electron chi connectivity index (χ2n) is 9.29. The van der Waals surface area contributed by atoms with Gasteiger partial charge in [0.05, 0.1) is 23.9 Å². The zero-order valence-electron chi connectivity index (χ0n) is 18.9. The summed E-state index contributed by atoms with van der Waals surface area (Å²) in [6.45, 7) is 6.40. The van der Waals surface area contributed by atoms with Crippen molar-refractivity contribution in [3.05, 3.63) is 53.7 Å². The van der Waals surface area contributed by atoms with Crippen molar-refractivity contribution in [2.45, 2.75) is 64.1 Å². The molecule has 1 saturated carbocycles. The number of hydrogen-bond acceptors (Lipinski definition) is 5. The minimum Gasteiger partial charge on any atom is -0.352 e. The minimum absolute atomic E-state index is 0.0885. The van der Waals surface area contributed by atoms with E-state index in [1.165, 1.54) is 0 Å². The minimum atomic E-state index is -0.406. The Hall–Kier alpha value is -3.24. The van der Waals surface area contributed by atoms with Gasteiger partial charge in [-0.1, -0.05) is 18.2 Å². The van der Waals surface area contributed by atoms with Gasteiger partial charge in [0.2, 0.25) is 5.91 Å². The Bertz CT molecular complexity index is 998. The highest BCUT2D eigenvalue weighted by Crippen LogP contribution is 2.21. The van der Waals surface area contributed by atoms with Crippen LogP contribution in [0, 0.1) is 11.3 Å². The van der Waals surface area contributed by atoms with E-state index >= 15 is 0 Å². The average Bonchev–Trinajstić information content (AvgIpc) is 2.78. The fourth-order valence-corrected chi connectivity index (χ4v) is 3.99. The van der Waals surface area contributed by atoms with E-state index in [2.05, 4.69) is 47.8 Å². The van der Waals surface area contributed by atoms with Gasteiger partial charge >= 0.3 is 0 Å². The lowest BCUT2D eigenvalue weighted by molar-refractivity contribution is -0.121. The van der Waals surface area contributed by atoms with Gasteiger partial charge in [-0.25, -0.2) is 4.98 Å². The molecule has 1 aliphatic rings. The molecule has 0 atom stereocenters. The van der Waals surface area contributed by atoms with Crippen LogP contribution in [0.3, 0.4) is 0 Å².